The maximum Gasteiger partial charge on any atom is 0.263 e. The van der Waals surface area contributed by atoms with E-state index in [4.69, 9.17) is 15.2 Å². The third kappa shape index (κ3) is 5.13. The molecule has 0 radical (unpaired) electrons. The molecule has 3 aromatic rings. The van der Waals surface area contributed by atoms with Crippen molar-refractivity contribution < 1.29 is 14.3 Å². The van der Waals surface area contributed by atoms with Crippen molar-refractivity contribution in [3.05, 3.63) is 52.6 Å². The van der Waals surface area contributed by atoms with Crippen molar-refractivity contribution in [1.82, 2.24) is 19.9 Å². The van der Waals surface area contributed by atoms with E-state index in [0.29, 0.717) is 42.4 Å². The molecule has 4 heterocycles. The van der Waals surface area contributed by atoms with Crippen molar-refractivity contribution in [3.8, 4) is 11.5 Å². The van der Waals surface area contributed by atoms with Crippen LogP contribution in [0.3, 0.4) is 0 Å². The fourth-order valence-corrected chi connectivity index (χ4v) is 4.91. The van der Waals surface area contributed by atoms with Crippen LogP contribution >= 0.6 is 0 Å². The minimum Gasteiger partial charge on any atom is -0.495 e. The SMILES string of the molecule is COc1cnc2ccc(=O)n(C[C@H](N)[C@H]3CC[C@H](NCc4ccc5c(n4)NC(=O)CO5)CC3)c2c1. The van der Waals surface area contributed by atoms with E-state index in [0.717, 1.165) is 42.4 Å². The number of ether oxygens (including phenoxy) is 2. The minimum atomic E-state index is -0.189. The Morgan fingerprint density at radius 1 is 1.23 bits per heavy atom. The summed E-state index contributed by atoms with van der Waals surface area (Å²) in [6, 6.07) is 9.11. The Labute approximate surface area is 202 Å². The molecule has 0 spiro atoms. The van der Waals surface area contributed by atoms with Crippen LogP contribution in [0.15, 0.2) is 41.3 Å². The topological polar surface area (TPSA) is 133 Å². The Kier molecular flexibility index (Phi) is 6.65. The first-order valence-electron chi connectivity index (χ1n) is 12.0. The Balaban J connectivity index is 1.17. The van der Waals surface area contributed by atoms with Gasteiger partial charge in [0.2, 0.25) is 0 Å². The van der Waals surface area contributed by atoms with Crippen molar-refractivity contribution >= 4 is 22.8 Å². The Bertz CT molecular complexity index is 1280. The third-order valence-electron chi connectivity index (χ3n) is 6.92. The molecule has 1 atom stereocenters. The first kappa shape index (κ1) is 23.3. The fourth-order valence-electron chi connectivity index (χ4n) is 4.91. The number of carbonyl (C=O) groups excluding carboxylic acids is 1. The van der Waals surface area contributed by atoms with Crippen LogP contribution in [0.25, 0.3) is 11.0 Å². The van der Waals surface area contributed by atoms with E-state index in [1.54, 1.807) is 30.0 Å². The molecule has 5 rings (SSSR count). The van der Waals surface area contributed by atoms with Gasteiger partial charge in [-0.15, -0.1) is 0 Å². The molecule has 0 bridgehead atoms. The van der Waals surface area contributed by atoms with Crippen LogP contribution in [-0.4, -0.2) is 46.2 Å². The van der Waals surface area contributed by atoms with Gasteiger partial charge in [-0.05, 0) is 49.8 Å². The fraction of sp³-hybridized carbons (Fsp3) is 0.440. The van der Waals surface area contributed by atoms with Gasteiger partial charge in [0, 0.05) is 37.3 Å². The largest absolute Gasteiger partial charge is 0.495 e. The molecule has 1 amide bonds. The van der Waals surface area contributed by atoms with Crippen LogP contribution in [0.5, 0.6) is 11.5 Å². The van der Waals surface area contributed by atoms with Crippen LogP contribution in [0.1, 0.15) is 31.4 Å². The van der Waals surface area contributed by atoms with Gasteiger partial charge in [0.05, 0.1) is 30.0 Å². The molecule has 184 valence electrons. The summed E-state index contributed by atoms with van der Waals surface area (Å²) in [5.74, 6) is 1.84. The first-order chi connectivity index (χ1) is 17.0. The van der Waals surface area contributed by atoms with E-state index in [2.05, 4.69) is 20.6 Å². The maximum atomic E-state index is 12.6. The van der Waals surface area contributed by atoms with E-state index in [-0.39, 0.29) is 24.1 Å². The lowest BCUT2D eigenvalue weighted by molar-refractivity contribution is -0.118. The molecule has 4 N–H and O–H groups in total. The number of amides is 1. The predicted octanol–water partition coefficient (Wildman–Crippen LogP) is 1.81. The highest BCUT2D eigenvalue weighted by Gasteiger charge is 2.26. The Hall–Kier alpha value is -3.50. The number of rotatable bonds is 7. The van der Waals surface area contributed by atoms with Crippen molar-refractivity contribution in [2.75, 3.05) is 19.0 Å². The van der Waals surface area contributed by atoms with Crippen molar-refractivity contribution in [2.45, 2.75) is 50.9 Å². The molecule has 0 saturated heterocycles. The zero-order valence-electron chi connectivity index (χ0n) is 19.7. The molecule has 1 aliphatic carbocycles. The highest BCUT2D eigenvalue weighted by Crippen LogP contribution is 2.28. The Morgan fingerprint density at radius 3 is 2.86 bits per heavy atom. The molecular formula is C25H30N6O4. The second-order valence-corrected chi connectivity index (χ2v) is 9.20. The second-order valence-electron chi connectivity index (χ2n) is 9.20. The lowest BCUT2D eigenvalue weighted by Crippen LogP contribution is -2.42. The summed E-state index contributed by atoms with van der Waals surface area (Å²) in [7, 11) is 1.58. The average molecular weight is 479 g/mol. The van der Waals surface area contributed by atoms with E-state index < -0.39 is 0 Å². The number of carbonyl (C=O) groups is 1. The van der Waals surface area contributed by atoms with Gasteiger partial charge >= 0.3 is 0 Å². The molecule has 10 nitrogen and oxygen atoms in total. The zero-order chi connectivity index (χ0) is 24.4. The molecular weight excluding hydrogens is 448 g/mol. The quantitative estimate of drug-likeness (QED) is 0.468. The number of pyridine rings is 3. The maximum absolute atomic E-state index is 12.6. The van der Waals surface area contributed by atoms with Crippen LogP contribution < -0.4 is 31.4 Å². The molecule has 0 unspecified atom stereocenters. The molecule has 1 aliphatic heterocycles. The molecule has 3 aromatic heterocycles. The standard InChI is InChI=1S/C25H30N6O4/c1-34-18-10-21-20(28-12-18)7-9-24(33)31(21)13-19(26)15-2-4-16(5-3-15)27-11-17-6-8-22-25(29-17)30-23(32)14-35-22/h6-10,12,15-16,19,27H,2-5,11,13-14,26H2,1H3,(H,29,30,32)/t15-,16-,19-/m0/s1. The van der Waals surface area contributed by atoms with Crippen LogP contribution in [-0.2, 0) is 17.9 Å². The highest BCUT2D eigenvalue weighted by atomic mass is 16.5. The summed E-state index contributed by atoms with van der Waals surface area (Å²) < 4.78 is 12.4. The van der Waals surface area contributed by atoms with E-state index in [9.17, 15) is 9.59 Å². The van der Waals surface area contributed by atoms with E-state index >= 15 is 0 Å². The van der Waals surface area contributed by atoms with E-state index in [1.807, 2.05) is 18.2 Å². The van der Waals surface area contributed by atoms with Gasteiger partial charge in [-0.2, -0.15) is 0 Å². The van der Waals surface area contributed by atoms with Crippen molar-refractivity contribution in [3.63, 3.8) is 0 Å². The van der Waals surface area contributed by atoms with Crippen molar-refractivity contribution in [2.24, 2.45) is 11.7 Å². The Morgan fingerprint density at radius 2 is 2.06 bits per heavy atom. The number of hydrogen-bond donors (Lipinski definition) is 3. The summed E-state index contributed by atoms with van der Waals surface area (Å²) >= 11 is 0. The van der Waals surface area contributed by atoms with Crippen molar-refractivity contribution in [1.29, 1.82) is 0 Å². The number of aromatic nitrogens is 3. The zero-order valence-corrected chi connectivity index (χ0v) is 19.7. The van der Waals surface area contributed by atoms with Crippen LogP contribution in [0.4, 0.5) is 5.82 Å². The van der Waals surface area contributed by atoms with Gasteiger partial charge in [-0.25, -0.2) is 4.98 Å². The van der Waals surface area contributed by atoms with Crippen LogP contribution in [0.2, 0.25) is 0 Å². The molecule has 2 aliphatic rings. The van der Waals surface area contributed by atoms with Gasteiger partial charge in [0.25, 0.3) is 11.5 Å². The first-order valence-corrected chi connectivity index (χ1v) is 12.0. The average Bonchev–Trinajstić information content (AvgIpc) is 2.88. The molecule has 10 heteroatoms. The van der Waals surface area contributed by atoms with Gasteiger partial charge in [-0.1, -0.05) is 0 Å². The van der Waals surface area contributed by atoms with E-state index in [1.165, 1.54) is 0 Å². The van der Waals surface area contributed by atoms with Gasteiger partial charge in [0.1, 0.15) is 5.75 Å². The minimum absolute atomic E-state index is 0.0257. The number of hydrogen-bond acceptors (Lipinski definition) is 8. The summed E-state index contributed by atoms with van der Waals surface area (Å²) in [6.45, 7) is 1.09. The monoisotopic (exact) mass is 478 g/mol. The van der Waals surface area contributed by atoms with Crippen LogP contribution in [0, 0.1) is 5.92 Å². The molecule has 1 saturated carbocycles. The lowest BCUT2D eigenvalue weighted by Gasteiger charge is -2.33. The van der Waals surface area contributed by atoms with Gasteiger partial charge in [0.15, 0.2) is 18.2 Å². The summed E-state index contributed by atoms with van der Waals surface area (Å²) in [6.07, 6.45) is 5.63. The number of anilines is 1. The van der Waals surface area contributed by atoms with Gasteiger partial charge in [-0.3, -0.25) is 14.6 Å². The lowest BCUT2D eigenvalue weighted by atomic mass is 9.81. The van der Waals surface area contributed by atoms with Gasteiger partial charge < -0.3 is 30.4 Å². The molecule has 0 aromatic carbocycles. The number of methoxy groups -OCH3 is 1. The molecule has 35 heavy (non-hydrogen) atoms. The number of nitrogens with one attached hydrogen (secondary N) is 2. The smallest absolute Gasteiger partial charge is 0.263 e. The number of nitrogens with two attached hydrogens (primary N) is 1. The second kappa shape index (κ2) is 10.0. The highest BCUT2D eigenvalue weighted by molar-refractivity contribution is 5.94. The normalized spacial score (nSPS) is 20.6. The number of fused-ring (bicyclic) bond motifs is 2. The summed E-state index contributed by atoms with van der Waals surface area (Å²) in [4.78, 5) is 33.0. The summed E-state index contributed by atoms with van der Waals surface area (Å²) in [5, 5.41) is 6.32. The number of nitrogens with zero attached hydrogens (tertiary/aromatic N) is 3. The third-order valence-corrected chi connectivity index (χ3v) is 6.92. The summed E-state index contributed by atoms with van der Waals surface area (Å²) in [5.41, 5.74) is 8.86. The molecule has 1 fully saturated rings. The predicted molar refractivity (Wildman–Crippen MR) is 131 cm³/mol.